The van der Waals surface area contributed by atoms with Gasteiger partial charge >= 0.3 is 18.0 Å². The van der Waals surface area contributed by atoms with Crippen molar-refractivity contribution in [3.05, 3.63) is 23.8 Å². The second kappa shape index (κ2) is 10.1. The van der Waals surface area contributed by atoms with Gasteiger partial charge in [-0.2, -0.15) is 0 Å². The molecule has 2 aliphatic rings. The molecule has 0 aromatic heterocycles. The fraction of sp³-hybridized carbons (Fsp3) is 0.577. The van der Waals surface area contributed by atoms with Crippen molar-refractivity contribution in [3.63, 3.8) is 0 Å². The summed E-state index contributed by atoms with van der Waals surface area (Å²) in [5, 5.41) is 11.6. The number of methoxy groups -OCH3 is 1. The molecular weight excluding hydrogens is 486 g/mol. The van der Waals surface area contributed by atoms with E-state index < -0.39 is 52.4 Å². The van der Waals surface area contributed by atoms with E-state index in [2.05, 4.69) is 0 Å². The largest absolute Gasteiger partial charge is 0.497 e. The molecular formula is C26H33NO10. The van der Waals surface area contributed by atoms with Crippen LogP contribution in [-0.2, 0) is 38.8 Å². The minimum absolute atomic E-state index is 0.0244. The number of benzene rings is 1. The zero-order valence-corrected chi connectivity index (χ0v) is 21.9. The van der Waals surface area contributed by atoms with Crippen molar-refractivity contribution in [3.8, 4) is 5.75 Å². The molecule has 2 amide bonds. The zero-order chi connectivity index (χ0) is 27.8. The SMILES string of the molecule is CCOC(=O)C1(C(=O)OCC)[C@@H](C=O)CC[C@H](O)[C@]12C(=O)N(C(=O)OC(C)(C)C)c1ccc(OC)cc12. The van der Waals surface area contributed by atoms with Gasteiger partial charge in [-0.15, -0.1) is 0 Å². The van der Waals surface area contributed by atoms with Gasteiger partial charge in [0.2, 0.25) is 0 Å². The number of carbonyl (C=O) groups is 5. The van der Waals surface area contributed by atoms with Crippen LogP contribution in [0.2, 0.25) is 0 Å². The molecule has 1 aliphatic carbocycles. The Hall–Kier alpha value is -3.47. The molecule has 11 nitrogen and oxygen atoms in total. The summed E-state index contributed by atoms with van der Waals surface area (Å²) in [6, 6.07) is 4.23. The van der Waals surface area contributed by atoms with Crippen molar-refractivity contribution in [1.29, 1.82) is 0 Å². The monoisotopic (exact) mass is 519 g/mol. The number of hydrogen-bond donors (Lipinski definition) is 1. The third-order valence-electron chi connectivity index (χ3n) is 6.77. The Morgan fingerprint density at radius 2 is 1.70 bits per heavy atom. The maximum absolute atomic E-state index is 14.5. The first-order valence-electron chi connectivity index (χ1n) is 12.1. The van der Waals surface area contributed by atoms with Crippen LogP contribution in [0.4, 0.5) is 10.5 Å². The van der Waals surface area contributed by atoms with Crippen molar-refractivity contribution in [2.45, 2.75) is 64.6 Å². The Labute approximate surface area is 215 Å². The lowest BCUT2D eigenvalue weighted by Gasteiger charge is -2.51. The highest BCUT2D eigenvalue weighted by Gasteiger charge is 2.79. The second-order valence-electron chi connectivity index (χ2n) is 9.90. The van der Waals surface area contributed by atoms with Gasteiger partial charge in [0.05, 0.1) is 32.1 Å². The molecule has 1 heterocycles. The Kier molecular flexibility index (Phi) is 7.69. The van der Waals surface area contributed by atoms with Crippen LogP contribution in [0.5, 0.6) is 5.75 Å². The van der Waals surface area contributed by atoms with Crippen LogP contribution < -0.4 is 9.64 Å². The van der Waals surface area contributed by atoms with Crippen LogP contribution in [0.3, 0.4) is 0 Å². The van der Waals surface area contributed by atoms with Crippen molar-refractivity contribution in [2.24, 2.45) is 11.3 Å². The minimum Gasteiger partial charge on any atom is -0.497 e. The zero-order valence-electron chi connectivity index (χ0n) is 21.9. The van der Waals surface area contributed by atoms with Crippen LogP contribution >= 0.6 is 0 Å². The highest BCUT2D eigenvalue weighted by atomic mass is 16.6. The summed E-state index contributed by atoms with van der Waals surface area (Å²) in [5.41, 5.74) is -6.16. The Balaban J connectivity index is 2.49. The highest BCUT2D eigenvalue weighted by Crippen LogP contribution is 2.62. The Bertz CT molecular complexity index is 1090. The van der Waals surface area contributed by atoms with Crippen molar-refractivity contribution < 1.29 is 48.0 Å². The number of esters is 2. The molecule has 0 radical (unpaired) electrons. The molecule has 11 heteroatoms. The van der Waals surface area contributed by atoms with Gasteiger partial charge in [0.15, 0.2) is 5.41 Å². The van der Waals surface area contributed by atoms with Crippen molar-refractivity contribution >= 4 is 35.9 Å². The van der Waals surface area contributed by atoms with Gasteiger partial charge in [0.1, 0.15) is 23.1 Å². The topological polar surface area (TPSA) is 146 Å². The fourth-order valence-electron chi connectivity index (χ4n) is 5.44. The predicted molar refractivity (Wildman–Crippen MR) is 129 cm³/mol. The van der Waals surface area contributed by atoms with Crippen LogP contribution in [0.1, 0.15) is 53.0 Å². The number of aliphatic hydroxyl groups excluding tert-OH is 1. The maximum Gasteiger partial charge on any atom is 0.421 e. The third kappa shape index (κ3) is 4.05. The first-order chi connectivity index (χ1) is 17.4. The van der Waals surface area contributed by atoms with Gasteiger partial charge in [-0.3, -0.25) is 14.4 Å². The fourth-order valence-corrected chi connectivity index (χ4v) is 5.44. The van der Waals surface area contributed by atoms with Crippen LogP contribution in [0.25, 0.3) is 0 Å². The first kappa shape index (κ1) is 28.1. The summed E-state index contributed by atoms with van der Waals surface area (Å²) in [7, 11) is 1.37. The molecule has 1 aromatic carbocycles. The lowest BCUT2D eigenvalue weighted by Crippen LogP contribution is -2.71. The molecule has 0 bridgehead atoms. The molecule has 202 valence electrons. The summed E-state index contributed by atoms with van der Waals surface area (Å²) in [5.74, 6) is -4.71. The number of amides is 2. The molecule has 3 rings (SSSR count). The number of hydrogen-bond acceptors (Lipinski definition) is 10. The van der Waals surface area contributed by atoms with Gasteiger partial charge < -0.3 is 28.8 Å². The van der Waals surface area contributed by atoms with Crippen molar-refractivity contribution in [1.82, 2.24) is 0 Å². The van der Waals surface area contributed by atoms with Crippen LogP contribution in [0.15, 0.2) is 18.2 Å². The van der Waals surface area contributed by atoms with Gasteiger partial charge in [-0.05, 0) is 65.7 Å². The molecule has 0 unspecified atom stereocenters. The van der Waals surface area contributed by atoms with E-state index in [0.717, 1.165) is 0 Å². The van der Waals surface area contributed by atoms with Crippen molar-refractivity contribution in [2.75, 3.05) is 25.2 Å². The minimum atomic E-state index is -2.63. The summed E-state index contributed by atoms with van der Waals surface area (Å²) >= 11 is 0. The summed E-state index contributed by atoms with van der Waals surface area (Å²) < 4.78 is 21.4. The van der Waals surface area contributed by atoms with E-state index >= 15 is 0 Å². The van der Waals surface area contributed by atoms with Crippen LogP contribution in [-0.4, -0.2) is 67.4 Å². The predicted octanol–water partition coefficient (Wildman–Crippen LogP) is 2.30. The number of imide groups is 1. The summed E-state index contributed by atoms with van der Waals surface area (Å²) in [6.45, 7) is 7.44. The molecule has 1 N–H and O–H groups in total. The normalized spacial score (nSPS) is 24.3. The maximum atomic E-state index is 14.5. The van der Waals surface area contributed by atoms with E-state index in [-0.39, 0.29) is 43.1 Å². The third-order valence-corrected chi connectivity index (χ3v) is 6.77. The molecule has 3 atom stereocenters. The second-order valence-corrected chi connectivity index (χ2v) is 9.90. The quantitative estimate of drug-likeness (QED) is 0.257. The van der Waals surface area contributed by atoms with Crippen LogP contribution in [0, 0.1) is 11.3 Å². The average molecular weight is 520 g/mol. The molecule has 1 aliphatic heterocycles. The Morgan fingerprint density at radius 1 is 1.11 bits per heavy atom. The summed E-state index contributed by atoms with van der Waals surface area (Å²) in [6.07, 6.45) is -2.60. The number of anilines is 1. The molecule has 37 heavy (non-hydrogen) atoms. The van der Waals surface area contributed by atoms with E-state index in [1.807, 2.05) is 0 Å². The number of aliphatic hydroxyl groups is 1. The van der Waals surface area contributed by atoms with E-state index in [1.165, 1.54) is 39.2 Å². The van der Waals surface area contributed by atoms with Gasteiger partial charge in [-0.25, -0.2) is 9.69 Å². The number of rotatable bonds is 6. The molecule has 1 spiro atoms. The standard InChI is InChI=1S/C26H33NO10/c1-7-35-21(31)25(22(32)36-8-2)15(14-28)9-12-19(29)26(25)17-13-16(34-6)10-11-18(17)27(20(26)30)23(33)37-24(3,4)5/h10-11,13-15,19,29H,7-9,12H2,1-6H3/t15-,19+,26-/m1/s1. The average Bonchev–Trinajstić information content (AvgIpc) is 3.08. The van der Waals surface area contributed by atoms with E-state index in [9.17, 15) is 29.1 Å². The highest BCUT2D eigenvalue weighted by molar-refractivity contribution is 6.26. The summed E-state index contributed by atoms with van der Waals surface area (Å²) in [4.78, 5) is 68.6. The number of carbonyl (C=O) groups excluding carboxylic acids is 5. The first-order valence-corrected chi connectivity index (χ1v) is 12.1. The molecule has 1 saturated carbocycles. The molecule has 1 aromatic rings. The number of aldehydes is 1. The number of nitrogens with zero attached hydrogens (tertiary/aromatic N) is 1. The Morgan fingerprint density at radius 3 is 2.19 bits per heavy atom. The number of fused-ring (bicyclic) bond motifs is 2. The van der Waals surface area contributed by atoms with Gasteiger partial charge in [0, 0.05) is 11.5 Å². The number of ether oxygens (including phenoxy) is 4. The lowest BCUT2D eigenvalue weighted by molar-refractivity contribution is -0.198. The van der Waals surface area contributed by atoms with Gasteiger partial charge in [0.25, 0.3) is 5.91 Å². The van der Waals surface area contributed by atoms with E-state index in [1.54, 1.807) is 20.8 Å². The molecule has 0 saturated heterocycles. The van der Waals surface area contributed by atoms with Gasteiger partial charge in [-0.1, -0.05) is 0 Å². The van der Waals surface area contributed by atoms with E-state index in [0.29, 0.717) is 11.2 Å². The smallest absolute Gasteiger partial charge is 0.421 e. The van der Waals surface area contributed by atoms with E-state index in [4.69, 9.17) is 18.9 Å². The lowest BCUT2D eigenvalue weighted by atomic mass is 9.48. The molecule has 1 fully saturated rings.